The molecule has 0 aliphatic heterocycles. The molecule has 1 aromatic heterocycles. The number of thiazole rings is 1. The molecule has 0 radical (unpaired) electrons. The van der Waals surface area contributed by atoms with E-state index in [1.807, 2.05) is 24.3 Å². The Hall–Kier alpha value is -1.87. The highest BCUT2D eigenvalue weighted by atomic mass is 32.1. The van der Waals surface area contributed by atoms with E-state index in [2.05, 4.69) is 25.1 Å². The fourth-order valence-corrected chi connectivity index (χ4v) is 2.99. The normalized spacial score (nSPS) is 10.8. The number of ether oxygens (including phenoxy) is 1. The first kappa shape index (κ1) is 11.2. The topological polar surface area (TPSA) is 22.1 Å². The van der Waals surface area contributed by atoms with E-state index in [1.165, 1.54) is 10.3 Å². The SMILES string of the molecule is COc1ccc(-c2nc3c(C)cccc3s2)cc1. The fraction of sp³-hybridized carbons (Fsp3) is 0.133. The number of para-hydroxylation sites is 1. The molecule has 2 aromatic carbocycles. The Morgan fingerprint density at radius 2 is 1.83 bits per heavy atom. The van der Waals surface area contributed by atoms with Gasteiger partial charge in [0.25, 0.3) is 0 Å². The summed E-state index contributed by atoms with van der Waals surface area (Å²) in [6, 6.07) is 14.3. The summed E-state index contributed by atoms with van der Waals surface area (Å²) in [5.74, 6) is 0.871. The van der Waals surface area contributed by atoms with E-state index >= 15 is 0 Å². The van der Waals surface area contributed by atoms with Gasteiger partial charge in [0.1, 0.15) is 10.8 Å². The van der Waals surface area contributed by atoms with Gasteiger partial charge in [0.05, 0.1) is 17.3 Å². The summed E-state index contributed by atoms with van der Waals surface area (Å²) in [7, 11) is 1.68. The van der Waals surface area contributed by atoms with Crippen molar-refractivity contribution in [3.63, 3.8) is 0 Å². The van der Waals surface area contributed by atoms with Crippen LogP contribution in [0.1, 0.15) is 5.56 Å². The van der Waals surface area contributed by atoms with Crippen molar-refractivity contribution in [3.8, 4) is 16.3 Å². The minimum Gasteiger partial charge on any atom is -0.497 e. The average Bonchev–Trinajstić information content (AvgIpc) is 2.84. The van der Waals surface area contributed by atoms with E-state index in [4.69, 9.17) is 9.72 Å². The third-order valence-corrected chi connectivity index (χ3v) is 4.03. The number of aromatic nitrogens is 1. The zero-order valence-electron chi connectivity index (χ0n) is 10.3. The minimum atomic E-state index is 0.871. The Labute approximate surface area is 110 Å². The van der Waals surface area contributed by atoms with Crippen molar-refractivity contribution >= 4 is 21.6 Å². The molecular formula is C15H13NOS. The number of aryl methyl sites for hydroxylation is 1. The predicted molar refractivity (Wildman–Crippen MR) is 76.3 cm³/mol. The van der Waals surface area contributed by atoms with Crippen molar-refractivity contribution in [2.24, 2.45) is 0 Å². The van der Waals surface area contributed by atoms with E-state index < -0.39 is 0 Å². The lowest BCUT2D eigenvalue weighted by atomic mass is 10.2. The van der Waals surface area contributed by atoms with E-state index in [0.717, 1.165) is 21.8 Å². The monoisotopic (exact) mass is 255 g/mol. The van der Waals surface area contributed by atoms with Crippen LogP contribution in [0.25, 0.3) is 20.8 Å². The van der Waals surface area contributed by atoms with Gasteiger partial charge in [0.15, 0.2) is 0 Å². The summed E-state index contributed by atoms with van der Waals surface area (Å²) in [6.07, 6.45) is 0. The molecule has 3 heteroatoms. The summed E-state index contributed by atoms with van der Waals surface area (Å²) in [5.41, 5.74) is 3.47. The van der Waals surface area contributed by atoms with Crippen LogP contribution >= 0.6 is 11.3 Å². The van der Waals surface area contributed by atoms with E-state index in [9.17, 15) is 0 Å². The third-order valence-electron chi connectivity index (χ3n) is 2.96. The first-order valence-electron chi connectivity index (χ1n) is 5.78. The maximum atomic E-state index is 5.17. The highest BCUT2D eigenvalue weighted by Crippen LogP contribution is 2.32. The van der Waals surface area contributed by atoms with Gasteiger partial charge in [-0.1, -0.05) is 12.1 Å². The zero-order chi connectivity index (χ0) is 12.5. The Kier molecular flexibility index (Phi) is 2.76. The highest BCUT2D eigenvalue weighted by Gasteiger charge is 2.07. The molecule has 0 saturated heterocycles. The van der Waals surface area contributed by atoms with Crippen LogP contribution in [-0.4, -0.2) is 12.1 Å². The Morgan fingerprint density at radius 1 is 1.06 bits per heavy atom. The van der Waals surface area contributed by atoms with Crippen LogP contribution in [-0.2, 0) is 0 Å². The summed E-state index contributed by atoms with van der Waals surface area (Å²) in [6.45, 7) is 2.10. The summed E-state index contributed by atoms with van der Waals surface area (Å²) < 4.78 is 6.40. The first-order chi connectivity index (χ1) is 8.78. The maximum absolute atomic E-state index is 5.17. The molecule has 0 bridgehead atoms. The number of rotatable bonds is 2. The number of hydrogen-bond acceptors (Lipinski definition) is 3. The quantitative estimate of drug-likeness (QED) is 0.682. The van der Waals surface area contributed by atoms with Gasteiger partial charge in [-0.15, -0.1) is 11.3 Å². The van der Waals surface area contributed by atoms with Crippen molar-refractivity contribution in [2.75, 3.05) is 7.11 Å². The van der Waals surface area contributed by atoms with Crippen molar-refractivity contribution in [3.05, 3.63) is 48.0 Å². The lowest BCUT2D eigenvalue weighted by molar-refractivity contribution is 0.415. The van der Waals surface area contributed by atoms with E-state index in [-0.39, 0.29) is 0 Å². The largest absolute Gasteiger partial charge is 0.497 e. The van der Waals surface area contributed by atoms with Crippen LogP contribution in [0, 0.1) is 6.92 Å². The number of benzene rings is 2. The van der Waals surface area contributed by atoms with Crippen molar-refractivity contribution < 1.29 is 4.74 Å². The van der Waals surface area contributed by atoms with Gasteiger partial charge < -0.3 is 4.74 Å². The van der Waals surface area contributed by atoms with E-state index in [1.54, 1.807) is 18.4 Å². The third kappa shape index (κ3) is 1.87. The van der Waals surface area contributed by atoms with Gasteiger partial charge in [-0.05, 0) is 42.8 Å². The first-order valence-corrected chi connectivity index (χ1v) is 6.60. The second kappa shape index (κ2) is 4.42. The molecule has 0 atom stereocenters. The molecule has 3 rings (SSSR count). The summed E-state index contributed by atoms with van der Waals surface area (Å²) in [4.78, 5) is 4.72. The molecule has 0 unspecified atom stereocenters. The molecule has 0 saturated carbocycles. The van der Waals surface area contributed by atoms with Crippen LogP contribution in [0.2, 0.25) is 0 Å². The number of fused-ring (bicyclic) bond motifs is 1. The summed E-state index contributed by atoms with van der Waals surface area (Å²) >= 11 is 1.73. The standard InChI is InChI=1S/C15H13NOS/c1-10-4-3-5-13-14(10)16-15(18-13)11-6-8-12(17-2)9-7-11/h3-9H,1-2H3. The molecule has 18 heavy (non-hydrogen) atoms. The molecule has 2 nitrogen and oxygen atoms in total. The second-order valence-electron chi connectivity index (χ2n) is 4.17. The van der Waals surface area contributed by atoms with Gasteiger partial charge in [0.2, 0.25) is 0 Å². The molecule has 0 amide bonds. The molecule has 0 spiro atoms. The van der Waals surface area contributed by atoms with Crippen LogP contribution in [0.4, 0.5) is 0 Å². The van der Waals surface area contributed by atoms with E-state index in [0.29, 0.717) is 0 Å². The van der Waals surface area contributed by atoms with Gasteiger partial charge >= 0.3 is 0 Å². The van der Waals surface area contributed by atoms with Crippen molar-refractivity contribution in [1.29, 1.82) is 0 Å². The molecule has 0 aliphatic carbocycles. The number of nitrogens with zero attached hydrogens (tertiary/aromatic N) is 1. The smallest absolute Gasteiger partial charge is 0.124 e. The van der Waals surface area contributed by atoms with Crippen LogP contribution in [0.5, 0.6) is 5.75 Å². The molecule has 0 aliphatic rings. The minimum absolute atomic E-state index is 0.871. The molecule has 0 N–H and O–H groups in total. The Morgan fingerprint density at radius 3 is 2.50 bits per heavy atom. The molecule has 3 aromatic rings. The van der Waals surface area contributed by atoms with Crippen LogP contribution < -0.4 is 4.74 Å². The second-order valence-corrected chi connectivity index (χ2v) is 5.20. The Balaban J connectivity index is 2.10. The number of methoxy groups -OCH3 is 1. The van der Waals surface area contributed by atoms with Crippen molar-refractivity contribution in [1.82, 2.24) is 4.98 Å². The van der Waals surface area contributed by atoms with Crippen LogP contribution in [0.15, 0.2) is 42.5 Å². The highest BCUT2D eigenvalue weighted by molar-refractivity contribution is 7.21. The van der Waals surface area contributed by atoms with Gasteiger partial charge in [-0.25, -0.2) is 4.98 Å². The average molecular weight is 255 g/mol. The molecular weight excluding hydrogens is 242 g/mol. The lowest BCUT2D eigenvalue weighted by Gasteiger charge is -1.99. The van der Waals surface area contributed by atoms with Crippen LogP contribution in [0.3, 0.4) is 0 Å². The maximum Gasteiger partial charge on any atom is 0.124 e. The fourth-order valence-electron chi connectivity index (χ4n) is 1.94. The lowest BCUT2D eigenvalue weighted by Crippen LogP contribution is -1.82. The number of hydrogen-bond donors (Lipinski definition) is 0. The van der Waals surface area contributed by atoms with Gasteiger partial charge in [-0.3, -0.25) is 0 Å². The predicted octanol–water partition coefficient (Wildman–Crippen LogP) is 4.28. The van der Waals surface area contributed by atoms with Gasteiger partial charge in [-0.2, -0.15) is 0 Å². The zero-order valence-corrected chi connectivity index (χ0v) is 11.1. The molecule has 90 valence electrons. The van der Waals surface area contributed by atoms with Gasteiger partial charge in [0, 0.05) is 5.56 Å². The molecule has 0 fully saturated rings. The summed E-state index contributed by atoms with van der Waals surface area (Å²) in [5, 5.41) is 1.06. The Bertz CT molecular complexity index is 685. The molecule has 1 heterocycles. The van der Waals surface area contributed by atoms with Crippen molar-refractivity contribution in [2.45, 2.75) is 6.92 Å².